The molecule has 0 unspecified atom stereocenters. The number of aromatic nitrogens is 1. The largest absolute Gasteiger partial charge is 0.480 e. The van der Waals surface area contributed by atoms with E-state index in [0.29, 0.717) is 6.54 Å². The Labute approximate surface area is 122 Å². The monoisotopic (exact) mass is 290 g/mol. The maximum absolute atomic E-state index is 11.2. The predicted molar refractivity (Wildman–Crippen MR) is 80.7 cm³/mol. The Morgan fingerprint density at radius 1 is 1.35 bits per heavy atom. The number of likely N-dealkylation sites (N-methyl/N-ethyl adjacent to an activating group) is 1. The molecule has 0 radical (unpaired) electrons. The summed E-state index contributed by atoms with van der Waals surface area (Å²) in [5.41, 5.74) is 1.07. The summed E-state index contributed by atoms with van der Waals surface area (Å²) in [6.45, 7) is 3.91. The minimum absolute atomic E-state index is 0.517. The van der Waals surface area contributed by atoms with Gasteiger partial charge in [-0.3, -0.25) is 9.69 Å². The highest BCUT2D eigenvalue weighted by Gasteiger charge is 2.32. The first-order valence-corrected chi connectivity index (χ1v) is 7.23. The zero-order valence-electron chi connectivity index (χ0n) is 11.8. The van der Waals surface area contributed by atoms with Gasteiger partial charge in [0.2, 0.25) is 0 Å². The van der Waals surface area contributed by atoms with Crippen LogP contribution in [0.25, 0.3) is 10.6 Å². The van der Waals surface area contributed by atoms with E-state index in [-0.39, 0.29) is 0 Å². The highest BCUT2D eigenvalue weighted by atomic mass is 32.1. The van der Waals surface area contributed by atoms with E-state index in [1.165, 1.54) is 0 Å². The van der Waals surface area contributed by atoms with Gasteiger partial charge in [0.1, 0.15) is 10.5 Å². The molecule has 0 saturated heterocycles. The third-order valence-electron chi connectivity index (χ3n) is 3.45. The molecular weight excluding hydrogens is 272 g/mol. The van der Waals surface area contributed by atoms with Crippen molar-refractivity contribution in [1.82, 2.24) is 9.88 Å². The van der Waals surface area contributed by atoms with Crippen molar-refractivity contribution in [2.75, 3.05) is 7.05 Å². The second kappa shape index (κ2) is 5.73. The van der Waals surface area contributed by atoms with Crippen molar-refractivity contribution in [3.8, 4) is 10.6 Å². The van der Waals surface area contributed by atoms with Crippen molar-refractivity contribution in [2.45, 2.75) is 25.9 Å². The molecule has 0 amide bonds. The van der Waals surface area contributed by atoms with Gasteiger partial charge in [0.25, 0.3) is 0 Å². The Morgan fingerprint density at radius 2 is 2.00 bits per heavy atom. The molecule has 1 aromatic carbocycles. The van der Waals surface area contributed by atoms with Crippen LogP contribution in [-0.2, 0) is 11.3 Å². The van der Waals surface area contributed by atoms with Crippen LogP contribution in [0.3, 0.4) is 0 Å². The predicted octanol–water partition coefficient (Wildman–Crippen LogP) is 3.11. The average Bonchev–Trinajstić information content (AvgIpc) is 2.88. The Hall–Kier alpha value is -1.72. The molecule has 0 saturated carbocycles. The van der Waals surface area contributed by atoms with Crippen molar-refractivity contribution in [3.63, 3.8) is 0 Å². The number of carboxylic acid groups (broad SMARTS) is 1. The smallest absolute Gasteiger partial charge is 0.323 e. The molecule has 20 heavy (non-hydrogen) atoms. The summed E-state index contributed by atoms with van der Waals surface area (Å²) < 4.78 is 0. The Balaban J connectivity index is 2.13. The number of benzene rings is 1. The molecule has 0 spiro atoms. The van der Waals surface area contributed by atoms with Crippen LogP contribution in [0.4, 0.5) is 0 Å². The van der Waals surface area contributed by atoms with Gasteiger partial charge in [-0.25, -0.2) is 4.98 Å². The minimum Gasteiger partial charge on any atom is -0.480 e. The standard InChI is InChI=1S/C15H18N2O2S/c1-15(2,14(18)19)17(3)9-12-10-20-13(16-12)11-7-5-4-6-8-11/h4-8,10H,9H2,1-3H3,(H,18,19). The third-order valence-corrected chi connectivity index (χ3v) is 4.39. The Bertz CT molecular complexity index is 593. The van der Waals surface area contributed by atoms with Crippen LogP contribution >= 0.6 is 11.3 Å². The van der Waals surface area contributed by atoms with Crippen LogP contribution in [0.5, 0.6) is 0 Å². The molecule has 0 aliphatic heterocycles. The fraction of sp³-hybridized carbons (Fsp3) is 0.333. The summed E-state index contributed by atoms with van der Waals surface area (Å²) in [4.78, 5) is 17.6. The van der Waals surface area contributed by atoms with Crippen LogP contribution in [0.2, 0.25) is 0 Å². The van der Waals surface area contributed by atoms with E-state index in [1.807, 2.05) is 35.7 Å². The lowest BCUT2D eigenvalue weighted by Crippen LogP contribution is -2.47. The van der Waals surface area contributed by atoms with E-state index in [2.05, 4.69) is 4.98 Å². The molecule has 0 atom stereocenters. The van der Waals surface area contributed by atoms with Crippen molar-refractivity contribution >= 4 is 17.3 Å². The SMILES string of the molecule is CN(Cc1csc(-c2ccccc2)n1)C(C)(C)C(=O)O. The van der Waals surface area contributed by atoms with E-state index in [0.717, 1.165) is 16.3 Å². The molecule has 0 aliphatic rings. The normalized spacial score (nSPS) is 11.8. The number of rotatable bonds is 5. The van der Waals surface area contributed by atoms with Gasteiger partial charge in [0.15, 0.2) is 0 Å². The van der Waals surface area contributed by atoms with Crippen LogP contribution < -0.4 is 0 Å². The quantitative estimate of drug-likeness (QED) is 0.919. The molecule has 0 bridgehead atoms. The number of hydrogen-bond donors (Lipinski definition) is 1. The van der Waals surface area contributed by atoms with Crippen molar-refractivity contribution in [3.05, 3.63) is 41.4 Å². The molecule has 106 valence electrons. The molecule has 0 aliphatic carbocycles. The van der Waals surface area contributed by atoms with Crippen LogP contribution in [0, 0.1) is 0 Å². The first-order valence-electron chi connectivity index (χ1n) is 6.35. The number of carbonyl (C=O) groups is 1. The number of hydrogen-bond acceptors (Lipinski definition) is 4. The Kier molecular flexibility index (Phi) is 4.20. The molecule has 2 aromatic rings. The number of nitrogens with zero attached hydrogens (tertiary/aromatic N) is 2. The fourth-order valence-electron chi connectivity index (χ4n) is 1.70. The number of aliphatic carboxylic acids is 1. The average molecular weight is 290 g/mol. The van der Waals surface area contributed by atoms with Gasteiger partial charge < -0.3 is 5.11 Å². The lowest BCUT2D eigenvalue weighted by molar-refractivity contribution is -0.148. The second-order valence-corrected chi connectivity index (χ2v) is 6.09. The summed E-state index contributed by atoms with van der Waals surface area (Å²) in [5, 5.41) is 12.2. The molecule has 1 aromatic heterocycles. The summed E-state index contributed by atoms with van der Waals surface area (Å²) in [7, 11) is 1.80. The van der Waals surface area contributed by atoms with Gasteiger partial charge in [0.05, 0.1) is 5.69 Å². The Morgan fingerprint density at radius 3 is 2.60 bits per heavy atom. The van der Waals surface area contributed by atoms with Gasteiger partial charge in [0, 0.05) is 17.5 Å². The van der Waals surface area contributed by atoms with E-state index >= 15 is 0 Å². The van der Waals surface area contributed by atoms with E-state index in [4.69, 9.17) is 0 Å². The molecule has 1 N–H and O–H groups in total. The molecule has 2 rings (SSSR count). The summed E-state index contributed by atoms with van der Waals surface area (Å²) in [6, 6.07) is 9.98. The van der Waals surface area contributed by atoms with Crippen LogP contribution in [0.15, 0.2) is 35.7 Å². The van der Waals surface area contributed by atoms with Crippen LogP contribution in [0.1, 0.15) is 19.5 Å². The zero-order chi connectivity index (χ0) is 14.8. The lowest BCUT2D eigenvalue weighted by atomic mass is 10.0. The topological polar surface area (TPSA) is 53.4 Å². The molecule has 4 nitrogen and oxygen atoms in total. The van der Waals surface area contributed by atoms with Gasteiger partial charge in [-0.05, 0) is 20.9 Å². The number of thiazole rings is 1. The highest BCUT2D eigenvalue weighted by molar-refractivity contribution is 7.13. The van der Waals surface area contributed by atoms with Gasteiger partial charge in [-0.2, -0.15) is 0 Å². The molecule has 5 heteroatoms. The zero-order valence-corrected chi connectivity index (χ0v) is 12.6. The fourth-order valence-corrected chi connectivity index (χ4v) is 2.51. The molecule has 0 fully saturated rings. The number of carboxylic acids is 1. The first kappa shape index (κ1) is 14.7. The van der Waals surface area contributed by atoms with Crippen molar-refractivity contribution in [1.29, 1.82) is 0 Å². The van der Waals surface area contributed by atoms with Crippen molar-refractivity contribution in [2.24, 2.45) is 0 Å². The molecule has 1 heterocycles. The van der Waals surface area contributed by atoms with E-state index in [1.54, 1.807) is 37.1 Å². The minimum atomic E-state index is -0.906. The van der Waals surface area contributed by atoms with Gasteiger partial charge in [-0.15, -0.1) is 11.3 Å². The summed E-state index contributed by atoms with van der Waals surface area (Å²) >= 11 is 1.58. The first-order chi connectivity index (χ1) is 9.41. The summed E-state index contributed by atoms with van der Waals surface area (Å²) in [5.74, 6) is -0.835. The third kappa shape index (κ3) is 3.05. The summed E-state index contributed by atoms with van der Waals surface area (Å²) in [6.07, 6.45) is 0. The lowest BCUT2D eigenvalue weighted by Gasteiger charge is -2.30. The van der Waals surface area contributed by atoms with Gasteiger partial charge >= 0.3 is 5.97 Å². The maximum atomic E-state index is 11.2. The molecular formula is C15H18N2O2S. The van der Waals surface area contributed by atoms with Gasteiger partial charge in [-0.1, -0.05) is 30.3 Å². The second-order valence-electron chi connectivity index (χ2n) is 5.23. The van der Waals surface area contributed by atoms with Crippen molar-refractivity contribution < 1.29 is 9.90 Å². The maximum Gasteiger partial charge on any atom is 0.323 e. The van der Waals surface area contributed by atoms with E-state index < -0.39 is 11.5 Å². The van der Waals surface area contributed by atoms with E-state index in [9.17, 15) is 9.90 Å². The highest BCUT2D eigenvalue weighted by Crippen LogP contribution is 2.25. The van der Waals surface area contributed by atoms with Crippen LogP contribution in [-0.4, -0.2) is 33.5 Å².